The van der Waals surface area contributed by atoms with Gasteiger partial charge in [0, 0.05) is 30.2 Å². The van der Waals surface area contributed by atoms with Crippen molar-refractivity contribution in [2.45, 2.75) is 76.3 Å². The highest BCUT2D eigenvalue weighted by atomic mass is 19.4. The lowest BCUT2D eigenvalue weighted by Crippen LogP contribution is -2.39. The standard InChI is InChI=1S/C25H29F3N2O5/c1-24(2,15-34-23-5-3-4-12-33-23)21-14-18(35-29-21)13-20(31)19-10-11-22(32)30(19)17-8-6-16(7-9-17)25(26,27)28/h6-9,14,19,23H,3-5,10-13,15H2,1-2H3/t19-,23?/m0/s1. The molecule has 0 bridgehead atoms. The van der Waals surface area contributed by atoms with Crippen molar-refractivity contribution in [1.29, 1.82) is 0 Å². The molecule has 10 heteroatoms. The molecule has 190 valence electrons. The number of Topliss-reactive ketones (excluding diaryl/α,β-unsaturated/α-hetero) is 1. The van der Waals surface area contributed by atoms with E-state index in [0.717, 1.165) is 31.4 Å². The molecule has 1 aromatic heterocycles. The van der Waals surface area contributed by atoms with Gasteiger partial charge in [0.2, 0.25) is 5.91 Å². The maximum absolute atomic E-state index is 13.1. The first-order valence-corrected chi connectivity index (χ1v) is 11.8. The summed E-state index contributed by atoms with van der Waals surface area (Å²) < 4.78 is 55.6. The highest BCUT2D eigenvalue weighted by Gasteiger charge is 2.38. The zero-order valence-corrected chi connectivity index (χ0v) is 19.8. The first kappa shape index (κ1) is 25.4. The predicted octanol–water partition coefficient (Wildman–Crippen LogP) is 4.82. The van der Waals surface area contributed by atoms with Crippen molar-refractivity contribution in [3.8, 4) is 0 Å². The third-order valence-corrected chi connectivity index (χ3v) is 6.43. The molecule has 2 saturated heterocycles. The van der Waals surface area contributed by atoms with E-state index in [1.807, 2.05) is 13.8 Å². The number of benzene rings is 1. The Labute approximate surface area is 201 Å². The summed E-state index contributed by atoms with van der Waals surface area (Å²) in [5.41, 5.74) is -0.383. The Hall–Kier alpha value is -2.72. The number of hydrogen-bond acceptors (Lipinski definition) is 6. The predicted molar refractivity (Wildman–Crippen MR) is 120 cm³/mol. The van der Waals surface area contributed by atoms with E-state index in [0.29, 0.717) is 31.1 Å². The van der Waals surface area contributed by atoms with Crippen molar-refractivity contribution < 1.29 is 36.8 Å². The molecule has 0 spiro atoms. The topological polar surface area (TPSA) is 81.9 Å². The van der Waals surface area contributed by atoms with Gasteiger partial charge < -0.3 is 18.9 Å². The summed E-state index contributed by atoms with van der Waals surface area (Å²) in [5.74, 6) is -0.202. The van der Waals surface area contributed by atoms with Gasteiger partial charge in [0.15, 0.2) is 12.1 Å². The lowest BCUT2D eigenvalue weighted by Gasteiger charge is -2.28. The molecule has 3 heterocycles. The molecule has 2 atom stereocenters. The van der Waals surface area contributed by atoms with Gasteiger partial charge in [-0.2, -0.15) is 13.2 Å². The third kappa shape index (κ3) is 5.92. The molecule has 0 saturated carbocycles. The van der Waals surface area contributed by atoms with Crippen LogP contribution in [0.15, 0.2) is 34.9 Å². The number of aromatic nitrogens is 1. The smallest absolute Gasteiger partial charge is 0.361 e. The maximum Gasteiger partial charge on any atom is 0.416 e. The van der Waals surface area contributed by atoms with Gasteiger partial charge in [-0.1, -0.05) is 19.0 Å². The van der Waals surface area contributed by atoms with E-state index < -0.39 is 23.2 Å². The fourth-order valence-corrected chi connectivity index (χ4v) is 4.35. The van der Waals surface area contributed by atoms with Crippen LogP contribution in [-0.2, 0) is 37.1 Å². The van der Waals surface area contributed by atoms with Gasteiger partial charge in [-0.15, -0.1) is 0 Å². The highest BCUT2D eigenvalue weighted by Crippen LogP contribution is 2.33. The molecule has 2 aliphatic heterocycles. The van der Waals surface area contributed by atoms with E-state index in [2.05, 4.69) is 5.16 Å². The van der Waals surface area contributed by atoms with Crippen molar-refractivity contribution in [2.75, 3.05) is 18.1 Å². The highest BCUT2D eigenvalue weighted by molar-refractivity contribution is 6.04. The Morgan fingerprint density at radius 1 is 1.17 bits per heavy atom. The summed E-state index contributed by atoms with van der Waals surface area (Å²) >= 11 is 0. The quantitative estimate of drug-likeness (QED) is 0.523. The Morgan fingerprint density at radius 2 is 1.91 bits per heavy atom. The number of amides is 1. The van der Waals surface area contributed by atoms with E-state index in [9.17, 15) is 22.8 Å². The van der Waals surface area contributed by atoms with Crippen LogP contribution in [0.25, 0.3) is 0 Å². The van der Waals surface area contributed by atoms with E-state index in [1.54, 1.807) is 6.07 Å². The van der Waals surface area contributed by atoms with Gasteiger partial charge in [-0.05, 0) is 49.9 Å². The number of nitrogens with zero attached hydrogens (tertiary/aromatic N) is 2. The van der Waals surface area contributed by atoms with Crippen LogP contribution >= 0.6 is 0 Å². The number of anilines is 1. The number of carbonyl (C=O) groups excluding carboxylic acids is 2. The van der Waals surface area contributed by atoms with Crippen molar-refractivity contribution in [1.82, 2.24) is 5.16 Å². The Balaban J connectivity index is 1.40. The number of ketones is 1. The molecular weight excluding hydrogens is 465 g/mol. The Bertz CT molecular complexity index is 1040. The van der Waals surface area contributed by atoms with Crippen LogP contribution in [0.2, 0.25) is 0 Å². The number of halogens is 3. The summed E-state index contributed by atoms with van der Waals surface area (Å²) in [6.07, 6.45) is -1.40. The first-order chi connectivity index (χ1) is 16.5. The summed E-state index contributed by atoms with van der Waals surface area (Å²) in [6, 6.07) is 5.20. The number of ether oxygens (including phenoxy) is 2. The van der Waals surface area contributed by atoms with Crippen LogP contribution in [0.5, 0.6) is 0 Å². The van der Waals surface area contributed by atoms with Gasteiger partial charge in [0.1, 0.15) is 5.76 Å². The van der Waals surface area contributed by atoms with Crippen LogP contribution < -0.4 is 4.90 Å². The number of carbonyl (C=O) groups is 2. The first-order valence-electron chi connectivity index (χ1n) is 11.8. The third-order valence-electron chi connectivity index (χ3n) is 6.43. The van der Waals surface area contributed by atoms with Crippen LogP contribution in [0.1, 0.15) is 63.0 Å². The summed E-state index contributed by atoms with van der Waals surface area (Å²) in [7, 11) is 0. The maximum atomic E-state index is 13.1. The van der Waals surface area contributed by atoms with Crippen molar-refractivity contribution >= 4 is 17.4 Å². The molecule has 2 fully saturated rings. The molecule has 0 aliphatic carbocycles. The zero-order chi connectivity index (χ0) is 25.2. The second-order valence-electron chi connectivity index (χ2n) is 9.68. The van der Waals surface area contributed by atoms with Gasteiger partial charge in [0.25, 0.3) is 0 Å². The molecule has 2 aromatic rings. The Morgan fingerprint density at radius 3 is 2.57 bits per heavy atom. The molecular formula is C25H29F3N2O5. The van der Waals surface area contributed by atoms with Crippen molar-refractivity contribution in [3.63, 3.8) is 0 Å². The zero-order valence-electron chi connectivity index (χ0n) is 19.8. The normalized spacial score (nSPS) is 21.5. The molecule has 7 nitrogen and oxygen atoms in total. The number of rotatable bonds is 8. The lowest BCUT2D eigenvalue weighted by molar-refractivity contribution is -0.170. The molecule has 2 aliphatic rings. The van der Waals surface area contributed by atoms with Crippen molar-refractivity contribution in [3.05, 3.63) is 47.3 Å². The molecule has 0 radical (unpaired) electrons. The van der Waals surface area contributed by atoms with Gasteiger partial charge in [0.05, 0.1) is 30.3 Å². The van der Waals surface area contributed by atoms with E-state index in [4.69, 9.17) is 14.0 Å². The van der Waals surface area contributed by atoms with E-state index >= 15 is 0 Å². The van der Waals surface area contributed by atoms with Crippen LogP contribution in [-0.4, -0.2) is 42.4 Å². The van der Waals surface area contributed by atoms with Crippen LogP contribution in [0.3, 0.4) is 0 Å². The van der Waals surface area contributed by atoms with Gasteiger partial charge >= 0.3 is 6.18 Å². The summed E-state index contributed by atoms with van der Waals surface area (Å²) in [4.78, 5) is 26.8. The summed E-state index contributed by atoms with van der Waals surface area (Å²) in [5, 5.41) is 4.12. The SMILES string of the molecule is CC(C)(COC1CCCCO1)c1cc(CC(=O)[C@@H]2CCC(=O)N2c2ccc(C(F)(F)F)cc2)on1. The summed E-state index contributed by atoms with van der Waals surface area (Å²) in [6.45, 7) is 4.98. The lowest BCUT2D eigenvalue weighted by atomic mass is 9.90. The monoisotopic (exact) mass is 494 g/mol. The molecule has 4 rings (SSSR count). The molecule has 1 unspecified atom stereocenters. The molecule has 1 aromatic carbocycles. The average molecular weight is 495 g/mol. The van der Waals surface area contributed by atoms with Gasteiger partial charge in [-0.3, -0.25) is 9.59 Å². The Kier molecular flexibility index (Phi) is 7.32. The number of alkyl halides is 3. The fraction of sp³-hybridized carbons (Fsp3) is 0.560. The van der Waals surface area contributed by atoms with Crippen LogP contribution in [0, 0.1) is 0 Å². The minimum Gasteiger partial charge on any atom is -0.361 e. The molecule has 35 heavy (non-hydrogen) atoms. The van der Waals surface area contributed by atoms with E-state index in [-0.39, 0.29) is 36.5 Å². The second-order valence-corrected chi connectivity index (χ2v) is 9.68. The van der Waals surface area contributed by atoms with Crippen molar-refractivity contribution in [2.24, 2.45) is 0 Å². The van der Waals surface area contributed by atoms with Crippen LogP contribution in [0.4, 0.5) is 18.9 Å². The molecule has 1 amide bonds. The number of hydrogen-bond donors (Lipinski definition) is 0. The minimum absolute atomic E-state index is 0.0786. The second kappa shape index (κ2) is 10.1. The average Bonchev–Trinajstić information content (AvgIpc) is 3.45. The van der Waals surface area contributed by atoms with E-state index in [1.165, 1.54) is 17.0 Å². The molecule has 0 N–H and O–H groups in total. The van der Waals surface area contributed by atoms with Gasteiger partial charge in [-0.25, -0.2) is 0 Å². The fourth-order valence-electron chi connectivity index (χ4n) is 4.35. The minimum atomic E-state index is -4.48. The largest absolute Gasteiger partial charge is 0.416 e.